The third-order valence-corrected chi connectivity index (χ3v) is 3.13. The van der Waals surface area contributed by atoms with Gasteiger partial charge in [0.25, 0.3) is 0 Å². The monoisotopic (exact) mass is 313 g/mol. The number of hydrogen-bond donors (Lipinski definition) is 0. The summed E-state index contributed by atoms with van der Waals surface area (Å²) in [7, 11) is 2.41. The smallest absolute Gasteiger partial charge is 0.410 e. The Bertz CT molecular complexity index is 449. The second kappa shape index (κ2) is 7.29. The van der Waals surface area contributed by atoms with Crippen LogP contribution in [0.25, 0.3) is 0 Å². The number of carbonyl (C=O) groups is 3. The van der Waals surface area contributed by atoms with Crippen molar-refractivity contribution in [2.75, 3.05) is 27.3 Å². The molecule has 1 atom stereocenters. The van der Waals surface area contributed by atoms with Crippen molar-refractivity contribution in [1.29, 1.82) is 0 Å². The van der Waals surface area contributed by atoms with Crippen LogP contribution in [0.2, 0.25) is 0 Å². The third kappa shape index (κ3) is 4.75. The molecule has 1 aliphatic heterocycles. The van der Waals surface area contributed by atoms with E-state index in [9.17, 15) is 14.4 Å². The van der Waals surface area contributed by atoms with Gasteiger partial charge in [-0.2, -0.15) is 0 Å². The van der Waals surface area contributed by atoms with Gasteiger partial charge in [-0.1, -0.05) is 12.2 Å². The zero-order chi connectivity index (χ0) is 16.9. The fourth-order valence-electron chi connectivity index (χ4n) is 2.14. The number of hydrogen-bond acceptors (Lipinski definition) is 6. The molecule has 0 unspecified atom stereocenters. The lowest BCUT2D eigenvalue weighted by atomic mass is 9.89. The first-order chi connectivity index (χ1) is 10.2. The quantitative estimate of drug-likeness (QED) is 0.339. The van der Waals surface area contributed by atoms with Gasteiger partial charge in [-0.25, -0.2) is 4.79 Å². The summed E-state index contributed by atoms with van der Waals surface area (Å²) in [5.74, 6) is -2.99. The molecule has 0 saturated carbocycles. The highest BCUT2D eigenvalue weighted by molar-refractivity contribution is 5.95. The van der Waals surface area contributed by atoms with Crippen molar-refractivity contribution in [3.63, 3.8) is 0 Å². The highest BCUT2D eigenvalue weighted by Gasteiger charge is 2.38. The van der Waals surface area contributed by atoms with E-state index in [4.69, 9.17) is 4.74 Å². The van der Waals surface area contributed by atoms with Gasteiger partial charge in [0, 0.05) is 19.0 Å². The number of rotatable bonds is 3. The van der Waals surface area contributed by atoms with Crippen LogP contribution in [0, 0.1) is 11.8 Å². The summed E-state index contributed by atoms with van der Waals surface area (Å²) in [6.45, 7) is 5.86. The van der Waals surface area contributed by atoms with Crippen LogP contribution >= 0.6 is 0 Å². The molecule has 1 amide bonds. The highest BCUT2D eigenvalue weighted by Crippen LogP contribution is 2.23. The van der Waals surface area contributed by atoms with E-state index in [0.717, 1.165) is 0 Å². The molecule has 1 rings (SSSR count). The number of amides is 1. The molecule has 0 radical (unpaired) electrons. The average Bonchev–Trinajstić information content (AvgIpc) is 2.45. The van der Waals surface area contributed by atoms with Crippen LogP contribution in [0.5, 0.6) is 0 Å². The normalized spacial score (nSPS) is 18.1. The molecule has 1 aliphatic rings. The molecule has 0 aliphatic carbocycles. The number of methoxy groups -OCH3 is 2. The first-order valence-corrected chi connectivity index (χ1v) is 7.00. The molecule has 124 valence electrons. The van der Waals surface area contributed by atoms with Crippen molar-refractivity contribution in [2.45, 2.75) is 26.4 Å². The van der Waals surface area contributed by atoms with E-state index in [1.54, 1.807) is 32.9 Å². The first kappa shape index (κ1) is 18.0. The van der Waals surface area contributed by atoms with Gasteiger partial charge in [-0.15, -0.1) is 0 Å². The van der Waals surface area contributed by atoms with E-state index < -0.39 is 35.5 Å². The van der Waals surface area contributed by atoms with Crippen LogP contribution in [-0.2, 0) is 23.8 Å². The Labute approximate surface area is 130 Å². The molecular weight excluding hydrogens is 290 g/mol. The van der Waals surface area contributed by atoms with Crippen LogP contribution in [0.4, 0.5) is 4.79 Å². The molecule has 7 heteroatoms. The van der Waals surface area contributed by atoms with Gasteiger partial charge in [0.15, 0.2) is 5.92 Å². The summed E-state index contributed by atoms with van der Waals surface area (Å²) < 4.78 is 14.6. The Morgan fingerprint density at radius 1 is 1.14 bits per heavy atom. The Hall–Kier alpha value is -2.05. The molecule has 0 fully saturated rings. The number of carbonyl (C=O) groups excluding carboxylic acids is 3. The van der Waals surface area contributed by atoms with Gasteiger partial charge in [0.1, 0.15) is 5.60 Å². The summed E-state index contributed by atoms with van der Waals surface area (Å²) in [5.41, 5.74) is -0.613. The van der Waals surface area contributed by atoms with Gasteiger partial charge in [-0.05, 0) is 20.8 Å². The van der Waals surface area contributed by atoms with E-state index in [1.807, 2.05) is 0 Å². The van der Waals surface area contributed by atoms with Gasteiger partial charge in [-0.3, -0.25) is 9.59 Å². The lowest BCUT2D eigenvalue weighted by molar-refractivity contribution is -0.161. The molecule has 0 N–H and O–H groups in total. The van der Waals surface area contributed by atoms with E-state index in [2.05, 4.69) is 9.47 Å². The molecule has 7 nitrogen and oxygen atoms in total. The largest absolute Gasteiger partial charge is 0.468 e. The van der Waals surface area contributed by atoms with Crippen molar-refractivity contribution < 1.29 is 28.6 Å². The molecular formula is C15H23NO6. The molecule has 0 aromatic heterocycles. The Kier molecular flexibility index (Phi) is 5.96. The number of ether oxygens (including phenoxy) is 3. The molecule has 22 heavy (non-hydrogen) atoms. The summed E-state index contributed by atoms with van der Waals surface area (Å²) in [4.78, 5) is 37.2. The van der Waals surface area contributed by atoms with Crippen molar-refractivity contribution in [3.8, 4) is 0 Å². The zero-order valence-corrected chi connectivity index (χ0v) is 13.6. The van der Waals surface area contributed by atoms with E-state index in [1.165, 1.54) is 19.1 Å². The second-order valence-electron chi connectivity index (χ2n) is 6.00. The predicted molar refractivity (Wildman–Crippen MR) is 78.0 cm³/mol. The van der Waals surface area contributed by atoms with Crippen LogP contribution in [0.3, 0.4) is 0 Å². The zero-order valence-electron chi connectivity index (χ0n) is 13.6. The van der Waals surface area contributed by atoms with Crippen molar-refractivity contribution in [3.05, 3.63) is 12.2 Å². The molecule has 0 aromatic carbocycles. The first-order valence-electron chi connectivity index (χ1n) is 7.00. The summed E-state index contributed by atoms with van der Waals surface area (Å²) in [5, 5.41) is 0. The van der Waals surface area contributed by atoms with E-state index in [0.29, 0.717) is 6.54 Å². The summed E-state index contributed by atoms with van der Waals surface area (Å²) >= 11 is 0. The van der Waals surface area contributed by atoms with Gasteiger partial charge in [0.05, 0.1) is 14.2 Å². The van der Waals surface area contributed by atoms with Crippen molar-refractivity contribution >= 4 is 18.0 Å². The minimum absolute atomic E-state index is 0.181. The van der Waals surface area contributed by atoms with E-state index >= 15 is 0 Å². The number of nitrogens with zero attached hydrogens (tertiary/aromatic N) is 1. The van der Waals surface area contributed by atoms with Crippen molar-refractivity contribution in [1.82, 2.24) is 4.90 Å². The maximum absolute atomic E-state index is 12.1. The minimum atomic E-state index is -1.10. The highest BCUT2D eigenvalue weighted by atomic mass is 16.6. The van der Waals surface area contributed by atoms with Gasteiger partial charge < -0.3 is 19.1 Å². The lowest BCUT2D eigenvalue weighted by Gasteiger charge is -2.32. The summed E-state index contributed by atoms with van der Waals surface area (Å²) in [6.07, 6.45) is 2.95. The SMILES string of the molecule is COC(=O)C(C(=O)OC)[C@@H]1C=CCN(C(=O)OC(C)(C)C)C1. The predicted octanol–water partition coefficient (Wildman–Crippen LogP) is 1.37. The van der Waals surface area contributed by atoms with Gasteiger partial charge >= 0.3 is 18.0 Å². The number of esters is 2. The van der Waals surface area contributed by atoms with E-state index in [-0.39, 0.29) is 6.54 Å². The second-order valence-corrected chi connectivity index (χ2v) is 6.00. The van der Waals surface area contributed by atoms with Crippen LogP contribution in [0.15, 0.2) is 12.2 Å². The topological polar surface area (TPSA) is 82.1 Å². The maximum atomic E-state index is 12.1. The average molecular weight is 313 g/mol. The standard InChI is InChI=1S/C15H23NO6/c1-15(2,3)22-14(19)16-8-6-7-10(9-16)11(12(17)20-4)13(18)21-5/h6-7,10-11H,8-9H2,1-5H3/t10-/m1/s1. The molecule has 0 aromatic rings. The van der Waals surface area contributed by atoms with Crippen LogP contribution in [0.1, 0.15) is 20.8 Å². The molecule has 0 spiro atoms. The van der Waals surface area contributed by atoms with Gasteiger partial charge in [0.2, 0.25) is 0 Å². The lowest BCUT2D eigenvalue weighted by Crippen LogP contribution is -2.45. The summed E-state index contributed by atoms with van der Waals surface area (Å²) in [6, 6.07) is 0. The minimum Gasteiger partial charge on any atom is -0.468 e. The third-order valence-electron chi connectivity index (χ3n) is 3.13. The fraction of sp³-hybridized carbons (Fsp3) is 0.667. The van der Waals surface area contributed by atoms with Crippen LogP contribution in [-0.4, -0.2) is 55.8 Å². The van der Waals surface area contributed by atoms with Crippen LogP contribution < -0.4 is 0 Å². The Morgan fingerprint density at radius 3 is 2.14 bits per heavy atom. The van der Waals surface area contributed by atoms with Crippen molar-refractivity contribution in [2.24, 2.45) is 11.8 Å². The molecule has 0 bridgehead atoms. The Balaban J connectivity index is 2.86. The molecule has 1 heterocycles. The molecule has 0 saturated heterocycles. The fourth-order valence-corrected chi connectivity index (χ4v) is 2.14. The Morgan fingerprint density at radius 2 is 1.68 bits per heavy atom. The maximum Gasteiger partial charge on any atom is 0.410 e.